The molecule has 0 N–H and O–H groups in total. The van der Waals surface area contributed by atoms with Crippen molar-refractivity contribution in [3.63, 3.8) is 0 Å². The summed E-state index contributed by atoms with van der Waals surface area (Å²) in [5.74, 6) is -2.35. The third-order valence-corrected chi connectivity index (χ3v) is 3.08. The van der Waals surface area contributed by atoms with Gasteiger partial charge in [-0.25, -0.2) is 8.78 Å². The summed E-state index contributed by atoms with van der Waals surface area (Å²) >= 11 is 0. The van der Waals surface area contributed by atoms with Crippen LogP contribution in [0.15, 0.2) is 18.2 Å². The second-order valence-corrected chi connectivity index (χ2v) is 4.77. The molecule has 0 saturated carbocycles. The molecular weight excluding hydrogens is 278 g/mol. The van der Waals surface area contributed by atoms with Crippen LogP contribution < -0.4 is 0 Å². The Bertz CT molecular complexity index is 486. The Hall–Kier alpha value is -1.78. The molecule has 0 aliphatic heterocycles. The molecule has 3 nitrogen and oxygen atoms in total. The van der Waals surface area contributed by atoms with E-state index in [9.17, 15) is 18.4 Å². The molecule has 0 aromatic heterocycles. The van der Waals surface area contributed by atoms with E-state index >= 15 is 0 Å². The zero-order valence-corrected chi connectivity index (χ0v) is 12.2. The van der Waals surface area contributed by atoms with Gasteiger partial charge in [-0.2, -0.15) is 0 Å². The molecule has 0 saturated heterocycles. The Balaban J connectivity index is 2.19. The van der Waals surface area contributed by atoms with E-state index in [4.69, 9.17) is 4.74 Å². The average molecular weight is 298 g/mol. The van der Waals surface area contributed by atoms with E-state index < -0.39 is 11.6 Å². The lowest BCUT2D eigenvalue weighted by molar-refractivity contribution is -0.143. The number of carbonyl (C=O) groups is 2. The second-order valence-electron chi connectivity index (χ2n) is 4.77. The molecule has 0 unspecified atom stereocenters. The van der Waals surface area contributed by atoms with Gasteiger partial charge in [-0.15, -0.1) is 0 Å². The number of esters is 1. The van der Waals surface area contributed by atoms with Crippen molar-refractivity contribution in [1.29, 1.82) is 0 Å². The van der Waals surface area contributed by atoms with Gasteiger partial charge in [-0.05, 0) is 38.0 Å². The van der Waals surface area contributed by atoms with E-state index in [0.29, 0.717) is 25.9 Å². The summed E-state index contributed by atoms with van der Waals surface area (Å²) in [4.78, 5) is 22.9. The zero-order valence-electron chi connectivity index (χ0n) is 12.2. The van der Waals surface area contributed by atoms with Crippen LogP contribution in [0, 0.1) is 11.6 Å². The molecule has 1 rings (SSSR count). The van der Waals surface area contributed by atoms with Gasteiger partial charge in [0.2, 0.25) is 0 Å². The predicted molar refractivity (Wildman–Crippen MR) is 75.0 cm³/mol. The minimum absolute atomic E-state index is 0.195. The fraction of sp³-hybridized carbons (Fsp3) is 0.500. The predicted octanol–water partition coefficient (Wildman–Crippen LogP) is 4.05. The fourth-order valence-corrected chi connectivity index (χ4v) is 1.96. The summed E-state index contributed by atoms with van der Waals surface area (Å²) in [5, 5.41) is 0. The van der Waals surface area contributed by atoms with E-state index in [1.807, 2.05) is 0 Å². The summed E-state index contributed by atoms with van der Waals surface area (Å²) in [5.41, 5.74) is 0.195. The van der Waals surface area contributed by atoms with Gasteiger partial charge in [0.25, 0.3) is 0 Å². The summed E-state index contributed by atoms with van der Waals surface area (Å²) < 4.78 is 30.6. The highest BCUT2D eigenvalue weighted by Gasteiger charge is 2.09. The molecule has 0 bridgehead atoms. The average Bonchev–Trinajstić information content (AvgIpc) is 2.45. The summed E-state index contributed by atoms with van der Waals surface area (Å²) in [7, 11) is 0. The van der Waals surface area contributed by atoms with E-state index in [1.54, 1.807) is 6.92 Å². The lowest BCUT2D eigenvalue weighted by Gasteiger charge is -2.03. The number of hydrogen-bond acceptors (Lipinski definition) is 3. The molecule has 0 heterocycles. The third kappa shape index (κ3) is 6.47. The number of hydrogen-bond donors (Lipinski definition) is 0. The molecule has 0 aliphatic carbocycles. The monoisotopic (exact) mass is 298 g/mol. The van der Waals surface area contributed by atoms with Gasteiger partial charge in [0.05, 0.1) is 6.61 Å². The number of halogens is 2. The van der Waals surface area contributed by atoms with Gasteiger partial charge in [0.15, 0.2) is 17.4 Å². The quantitative estimate of drug-likeness (QED) is 0.392. The van der Waals surface area contributed by atoms with E-state index in [2.05, 4.69) is 0 Å². The maximum absolute atomic E-state index is 13.0. The van der Waals surface area contributed by atoms with Crippen molar-refractivity contribution < 1.29 is 23.1 Å². The SMILES string of the molecule is CCOC(=O)CCCCCCC(=O)c1ccc(F)c(F)c1. The number of benzene rings is 1. The lowest BCUT2D eigenvalue weighted by atomic mass is 10.0. The third-order valence-electron chi connectivity index (χ3n) is 3.08. The van der Waals surface area contributed by atoms with Crippen LogP contribution in [-0.2, 0) is 9.53 Å². The lowest BCUT2D eigenvalue weighted by Crippen LogP contribution is -2.03. The molecule has 0 atom stereocenters. The fourth-order valence-electron chi connectivity index (χ4n) is 1.96. The van der Waals surface area contributed by atoms with Crippen molar-refractivity contribution in [3.05, 3.63) is 35.4 Å². The number of carbonyl (C=O) groups excluding carboxylic acids is 2. The van der Waals surface area contributed by atoms with Crippen molar-refractivity contribution in [1.82, 2.24) is 0 Å². The normalized spacial score (nSPS) is 10.4. The van der Waals surface area contributed by atoms with Gasteiger partial charge in [0.1, 0.15) is 0 Å². The maximum atomic E-state index is 13.0. The van der Waals surface area contributed by atoms with E-state index in [-0.39, 0.29) is 17.3 Å². The molecule has 0 amide bonds. The Labute approximate surface area is 123 Å². The smallest absolute Gasteiger partial charge is 0.305 e. The Kier molecular flexibility index (Phi) is 7.58. The largest absolute Gasteiger partial charge is 0.466 e. The molecule has 5 heteroatoms. The van der Waals surface area contributed by atoms with Gasteiger partial charge in [-0.1, -0.05) is 12.8 Å². The highest BCUT2D eigenvalue weighted by atomic mass is 19.2. The summed E-state index contributed by atoms with van der Waals surface area (Å²) in [6, 6.07) is 3.18. The number of unbranched alkanes of at least 4 members (excludes halogenated alkanes) is 3. The molecule has 0 fully saturated rings. The number of rotatable bonds is 9. The van der Waals surface area contributed by atoms with Gasteiger partial charge >= 0.3 is 5.97 Å². The van der Waals surface area contributed by atoms with Gasteiger partial charge in [-0.3, -0.25) is 9.59 Å². The Morgan fingerprint density at radius 3 is 2.29 bits per heavy atom. The molecular formula is C16H20F2O3. The standard InChI is InChI=1S/C16H20F2O3/c1-2-21-16(20)8-6-4-3-5-7-15(19)12-9-10-13(17)14(18)11-12/h9-11H,2-8H2,1H3. The molecule has 21 heavy (non-hydrogen) atoms. The van der Waals surface area contributed by atoms with Crippen LogP contribution >= 0.6 is 0 Å². The highest BCUT2D eigenvalue weighted by molar-refractivity contribution is 5.95. The van der Waals surface area contributed by atoms with E-state index in [1.165, 1.54) is 6.07 Å². The first-order chi connectivity index (χ1) is 10.0. The van der Waals surface area contributed by atoms with Gasteiger partial charge < -0.3 is 4.74 Å². The molecule has 0 aliphatic rings. The van der Waals surface area contributed by atoms with Crippen LogP contribution in [0.25, 0.3) is 0 Å². The number of ketones is 1. The van der Waals surface area contributed by atoms with Crippen LogP contribution in [0.5, 0.6) is 0 Å². The Morgan fingerprint density at radius 2 is 1.67 bits per heavy atom. The van der Waals surface area contributed by atoms with Gasteiger partial charge in [0, 0.05) is 18.4 Å². The Morgan fingerprint density at radius 1 is 1.00 bits per heavy atom. The molecule has 0 radical (unpaired) electrons. The maximum Gasteiger partial charge on any atom is 0.305 e. The van der Waals surface area contributed by atoms with Crippen molar-refractivity contribution in [2.75, 3.05) is 6.61 Å². The van der Waals surface area contributed by atoms with Crippen LogP contribution in [-0.4, -0.2) is 18.4 Å². The second kappa shape index (κ2) is 9.21. The van der Waals surface area contributed by atoms with Crippen LogP contribution in [0.4, 0.5) is 8.78 Å². The minimum Gasteiger partial charge on any atom is -0.466 e. The van der Waals surface area contributed by atoms with Crippen molar-refractivity contribution >= 4 is 11.8 Å². The van der Waals surface area contributed by atoms with Crippen molar-refractivity contribution in [2.45, 2.75) is 45.4 Å². The number of ether oxygens (including phenoxy) is 1. The zero-order chi connectivity index (χ0) is 15.7. The van der Waals surface area contributed by atoms with E-state index in [0.717, 1.165) is 31.4 Å². The minimum atomic E-state index is -1.00. The first-order valence-electron chi connectivity index (χ1n) is 7.18. The van der Waals surface area contributed by atoms with Crippen LogP contribution in [0.1, 0.15) is 55.8 Å². The molecule has 116 valence electrons. The molecule has 0 spiro atoms. The summed E-state index contributed by atoms with van der Waals surface area (Å²) in [6.45, 7) is 2.16. The molecule has 1 aromatic carbocycles. The molecule has 1 aromatic rings. The van der Waals surface area contributed by atoms with Crippen molar-refractivity contribution in [2.24, 2.45) is 0 Å². The first kappa shape index (κ1) is 17.3. The first-order valence-corrected chi connectivity index (χ1v) is 7.18. The highest BCUT2D eigenvalue weighted by Crippen LogP contribution is 2.13. The van der Waals surface area contributed by atoms with Crippen LogP contribution in [0.3, 0.4) is 0 Å². The topological polar surface area (TPSA) is 43.4 Å². The van der Waals surface area contributed by atoms with Crippen LogP contribution in [0.2, 0.25) is 0 Å². The number of Topliss-reactive ketones (excluding diaryl/α,β-unsaturated/α-hetero) is 1. The summed E-state index contributed by atoms with van der Waals surface area (Å²) in [6.07, 6.45) is 3.74. The van der Waals surface area contributed by atoms with Crippen molar-refractivity contribution in [3.8, 4) is 0 Å².